The van der Waals surface area contributed by atoms with Gasteiger partial charge in [0.2, 0.25) is 0 Å². The number of aromatic nitrogens is 1. The lowest BCUT2D eigenvalue weighted by molar-refractivity contribution is 1.29. The van der Waals surface area contributed by atoms with E-state index in [-0.39, 0.29) is 0 Å². The molecule has 1 aliphatic rings. The summed E-state index contributed by atoms with van der Waals surface area (Å²) in [5.74, 6) is 0. The maximum absolute atomic E-state index is 5.17. The van der Waals surface area contributed by atoms with Crippen molar-refractivity contribution in [2.45, 2.75) is 0 Å². The van der Waals surface area contributed by atoms with Gasteiger partial charge in [-0.1, -0.05) is 146 Å². The van der Waals surface area contributed by atoms with Crippen LogP contribution in [-0.2, 0) is 0 Å². The van der Waals surface area contributed by atoms with E-state index in [1.165, 1.54) is 65.4 Å². The van der Waals surface area contributed by atoms with Crippen LogP contribution in [-0.4, -0.2) is 4.98 Å². The molecule has 0 aliphatic heterocycles. The monoisotopic (exact) mass is 654 g/mol. The number of hydrogen-bond acceptors (Lipinski definition) is 3. The Labute approximate surface area is 295 Å². The van der Waals surface area contributed by atoms with E-state index in [0.29, 0.717) is 0 Å². The van der Waals surface area contributed by atoms with Crippen molar-refractivity contribution in [2.75, 3.05) is 4.90 Å². The number of hydrogen-bond donors (Lipinski definition) is 0. The second-order valence-corrected chi connectivity index (χ2v) is 13.8. The van der Waals surface area contributed by atoms with Crippen LogP contribution in [0.4, 0.5) is 17.1 Å². The Kier molecular flexibility index (Phi) is 6.71. The topological polar surface area (TPSA) is 16.1 Å². The first-order chi connectivity index (χ1) is 24.8. The summed E-state index contributed by atoms with van der Waals surface area (Å²) in [7, 11) is 0. The van der Waals surface area contributed by atoms with Crippen LogP contribution in [0.1, 0.15) is 0 Å². The third-order valence-corrected chi connectivity index (χ3v) is 11.0. The van der Waals surface area contributed by atoms with Gasteiger partial charge in [0.05, 0.1) is 10.6 Å². The van der Waals surface area contributed by atoms with Crippen LogP contribution in [0.25, 0.3) is 76.1 Å². The summed E-state index contributed by atoms with van der Waals surface area (Å²) in [4.78, 5) is 8.80. The molecule has 0 spiro atoms. The zero-order valence-electron chi connectivity index (χ0n) is 27.1. The maximum atomic E-state index is 5.17. The highest BCUT2D eigenvalue weighted by atomic mass is 32.1. The number of nitrogens with zero attached hydrogens (tertiary/aromatic N) is 2. The molecule has 234 valence electrons. The van der Waals surface area contributed by atoms with Crippen molar-refractivity contribution in [1.82, 2.24) is 4.98 Å². The molecule has 0 saturated carbocycles. The minimum atomic E-state index is 1.07. The third-order valence-electron chi connectivity index (χ3n) is 9.83. The minimum absolute atomic E-state index is 1.07. The number of fused-ring (bicyclic) bond motifs is 4. The molecular formula is C47H30N2S. The third kappa shape index (κ3) is 4.74. The van der Waals surface area contributed by atoms with E-state index < -0.39 is 0 Å². The minimum Gasteiger partial charge on any atom is -0.310 e. The van der Waals surface area contributed by atoms with Gasteiger partial charge in [0.15, 0.2) is 0 Å². The lowest BCUT2D eigenvalue weighted by atomic mass is 9.94. The molecule has 50 heavy (non-hydrogen) atoms. The number of benzene rings is 8. The van der Waals surface area contributed by atoms with E-state index in [1.54, 1.807) is 11.3 Å². The summed E-state index contributed by atoms with van der Waals surface area (Å²) in [6, 6.07) is 65.6. The lowest BCUT2D eigenvalue weighted by Crippen LogP contribution is -2.10. The molecule has 8 aromatic carbocycles. The molecule has 1 heterocycles. The number of anilines is 3. The molecule has 1 aliphatic carbocycles. The van der Waals surface area contributed by atoms with Crippen LogP contribution in [0, 0.1) is 0 Å². The van der Waals surface area contributed by atoms with Crippen LogP contribution >= 0.6 is 11.3 Å². The van der Waals surface area contributed by atoms with E-state index in [1.807, 2.05) is 0 Å². The maximum Gasteiger partial charge on any atom is 0.124 e. The molecular weight excluding hydrogens is 625 g/mol. The van der Waals surface area contributed by atoms with Crippen LogP contribution in [0.3, 0.4) is 0 Å². The van der Waals surface area contributed by atoms with Crippen LogP contribution < -0.4 is 4.90 Å². The van der Waals surface area contributed by atoms with Gasteiger partial charge in [-0.05, 0) is 74.8 Å². The molecule has 1 aromatic heterocycles. The first-order valence-corrected chi connectivity index (χ1v) is 17.8. The van der Waals surface area contributed by atoms with Gasteiger partial charge in [0.1, 0.15) is 5.01 Å². The second-order valence-electron chi connectivity index (χ2n) is 12.8. The normalized spacial score (nSPS) is 11.6. The Hall–Kier alpha value is -6.29. The number of thiazole rings is 1. The van der Waals surface area contributed by atoms with Crippen LogP contribution in [0.5, 0.6) is 0 Å². The SMILES string of the molecule is c1ccc(-c2ccc(N(c3cccc(-c4ccc5c6c(cccc46)-c4sc(-c6ccccc6)nc4-5)c3)c3ccc4ccccc4c3)cc2)cc1. The predicted octanol–water partition coefficient (Wildman–Crippen LogP) is 13.6. The van der Waals surface area contributed by atoms with Gasteiger partial charge in [-0.25, -0.2) is 4.98 Å². The van der Waals surface area contributed by atoms with Crippen molar-refractivity contribution in [1.29, 1.82) is 0 Å². The first-order valence-electron chi connectivity index (χ1n) is 17.0. The molecule has 0 N–H and O–H groups in total. The average molecular weight is 655 g/mol. The summed E-state index contributed by atoms with van der Waals surface area (Å²) < 4.78 is 0. The Morgan fingerprint density at radius 3 is 1.86 bits per heavy atom. The van der Waals surface area contributed by atoms with Crippen LogP contribution in [0.15, 0.2) is 182 Å². The van der Waals surface area contributed by atoms with E-state index in [0.717, 1.165) is 27.8 Å². The molecule has 0 atom stereocenters. The molecule has 0 radical (unpaired) electrons. The lowest BCUT2D eigenvalue weighted by Gasteiger charge is -2.27. The average Bonchev–Trinajstić information content (AvgIpc) is 3.76. The summed E-state index contributed by atoms with van der Waals surface area (Å²) in [5, 5.41) is 6.08. The van der Waals surface area contributed by atoms with E-state index in [9.17, 15) is 0 Å². The zero-order valence-corrected chi connectivity index (χ0v) is 27.9. The smallest absolute Gasteiger partial charge is 0.124 e. The summed E-state index contributed by atoms with van der Waals surface area (Å²) in [6.07, 6.45) is 0. The Balaban J connectivity index is 1.09. The second kappa shape index (κ2) is 11.7. The fourth-order valence-corrected chi connectivity index (χ4v) is 8.56. The van der Waals surface area contributed by atoms with Gasteiger partial charge < -0.3 is 4.90 Å². The van der Waals surface area contributed by atoms with Crippen molar-refractivity contribution < 1.29 is 0 Å². The molecule has 0 amide bonds. The fourth-order valence-electron chi connectivity index (χ4n) is 7.44. The predicted molar refractivity (Wildman–Crippen MR) is 213 cm³/mol. The van der Waals surface area contributed by atoms with Crippen LogP contribution in [0.2, 0.25) is 0 Å². The highest BCUT2D eigenvalue weighted by molar-refractivity contribution is 7.19. The molecule has 0 unspecified atom stereocenters. The van der Waals surface area contributed by atoms with Gasteiger partial charge >= 0.3 is 0 Å². The largest absolute Gasteiger partial charge is 0.310 e. The molecule has 3 heteroatoms. The van der Waals surface area contributed by atoms with Gasteiger partial charge in [-0.15, -0.1) is 11.3 Å². The summed E-state index contributed by atoms with van der Waals surface area (Å²) >= 11 is 1.79. The zero-order chi connectivity index (χ0) is 33.0. The summed E-state index contributed by atoms with van der Waals surface area (Å²) in [5.41, 5.74) is 12.9. The Morgan fingerprint density at radius 1 is 0.400 bits per heavy atom. The number of rotatable bonds is 6. The van der Waals surface area contributed by atoms with E-state index >= 15 is 0 Å². The van der Waals surface area contributed by atoms with Crippen molar-refractivity contribution in [3.63, 3.8) is 0 Å². The van der Waals surface area contributed by atoms with Crippen molar-refractivity contribution in [3.05, 3.63) is 182 Å². The van der Waals surface area contributed by atoms with Crippen molar-refractivity contribution in [3.8, 4) is 54.5 Å². The molecule has 0 bridgehead atoms. The molecule has 0 fully saturated rings. The van der Waals surface area contributed by atoms with Gasteiger partial charge in [0.25, 0.3) is 0 Å². The highest BCUT2D eigenvalue weighted by Crippen LogP contribution is 2.53. The van der Waals surface area contributed by atoms with Crippen molar-refractivity contribution >= 4 is 49.9 Å². The van der Waals surface area contributed by atoms with Gasteiger partial charge in [0, 0.05) is 39.1 Å². The molecule has 10 rings (SSSR count). The summed E-state index contributed by atoms with van der Waals surface area (Å²) in [6.45, 7) is 0. The molecule has 2 nitrogen and oxygen atoms in total. The van der Waals surface area contributed by atoms with E-state index in [2.05, 4.69) is 187 Å². The van der Waals surface area contributed by atoms with Gasteiger partial charge in [-0.3, -0.25) is 0 Å². The fraction of sp³-hybridized carbons (Fsp3) is 0. The van der Waals surface area contributed by atoms with Gasteiger partial charge in [-0.2, -0.15) is 0 Å². The molecule has 9 aromatic rings. The first kappa shape index (κ1) is 28.7. The standard InChI is InChI=1S/C47H30N2S/c1-3-11-31(12-4-1)33-21-24-37(25-22-33)49(39-26-23-32-13-7-8-16-35(32)29-39)38-18-9-17-36(30-38)40-27-28-42-44-41(40)19-10-20-43(44)46-45(42)48-47(50-46)34-14-5-2-6-15-34/h1-30H. The highest BCUT2D eigenvalue weighted by Gasteiger charge is 2.27. The van der Waals surface area contributed by atoms with E-state index in [4.69, 9.17) is 4.98 Å². The van der Waals surface area contributed by atoms with Crippen molar-refractivity contribution in [2.24, 2.45) is 0 Å². The molecule has 0 saturated heterocycles. The Morgan fingerprint density at radius 2 is 1.04 bits per heavy atom. The quantitative estimate of drug-likeness (QED) is 0.177. The Bertz CT molecular complexity index is 2670.